The van der Waals surface area contributed by atoms with Crippen molar-refractivity contribution in [3.05, 3.63) is 71.0 Å². The Balaban J connectivity index is 0.000000261. The van der Waals surface area contributed by atoms with Crippen molar-refractivity contribution in [1.82, 2.24) is 30.0 Å². The quantitative estimate of drug-likeness (QED) is 0.0911. The number of carboxylic acids is 2. The van der Waals surface area contributed by atoms with Gasteiger partial charge in [0.05, 0.1) is 24.3 Å². The van der Waals surface area contributed by atoms with Crippen molar-refractivity contribution in [2.45, 2.75) is 37.2 Å². The Labute approximate surface area is 269 Å². The zero-order valence-electron chi connectivity index (χ0n) is 26.4. The molecule has 0 fully saturated rings. The molecule has 16 heteroatoms. The second-order valence-corrected chi connectivity index (χ2v) is 14.2. The minimum atomic E-state index is -3.23. The van der Waals surface area contributed by atoms with E-state index in [9.17, 15) is 26.4 Å². The van der Waals surface area contributed by atoms with E-state index < -0.39 is 32.0 Å². The summed E-state index contributed by atoms with van der Waals surface area (Å²) in [7, 11) is 0.246. The lowest BCUT2D eigenvalue weighted by Gasteiger charge is -2.04. The van der Waals surface area contributed by atoms with Crippen LogP contribution in [0.4, 0.5) is 0 Å². The SMILES string of the molecule is CNCCc1c[nH]c2ccc(CS(=O)(=O)NC)cc12.CNCCc1c[nH]c2ccc(CS(=O)(=O)NC)cc12.O=C(O)CCC(=O)O. The second kappa shape index (κ2) is 18.4. The maximum absolute atomic E-state index is 11.6. The Morgan fingerprint density at radius 2 is 1.02 bits per heavy atom. The summed E-state index contributed by atoms with van der Waals surface area (Å²) in [6.45, 7) is 1.79. The van der Waals surface area contributed by atoms with Gasteiger partial charge in [0.25, 0.3) is 0 Å². The fourth-order valence-corrected chi connectivity index (χ4v) is 5.89. The highest BCUT2D eigenvalue weighted by atomic mass is 32.2. The van der Waals surface area contributed by atoms with Gasteiger partial charge in [0.1, 0.15) is 0 Å². The number of aromatic amines is 2. The lowest BCUT2D eigenvalue weighted by atomic mass is 10.1. The number of aliphatic carboxylic acids is 2. The first-order chi connectivity index (χ1) is 21.7. The topological polar surface area (TPSA) is 223 Å². The molecule has 0 bridgehead atoms. The molecule has 0 spiro atoms. The van der Waals surface area contributed by atoms with Crippen LogP contribution < -0.4 is 20.1 Å². The number of carboxylic acid groups (broad SMARTS) is 2. The first-order valence-electron chi connectivity index (χ1n) is 14.5. The number of rotatable bonds is 15. The molecule has 0 saturated heterocycles. The number of hydrogen-bond donors (Lipinski definition) is 8. The third kappa shape index (κ3) is 12.9. The number of carbonyl (C=O) groups is 2. The van der Waals surface area contributed by atoms with Crippen LogP contribution in [-0.4, -0.2) is 90.2 Å². The van der Waals surface area contributed by atoms with Gasteiger partial charge in [0, 0.05) is 34.2 Å². The van der Waals surface area contributed by atoms with Gasteiger partial charge in [-0.3, -0.25) is 9.59 Å². The van der Waals surface area contributed by atoms with Crippen LogP contribution in [0.25, 0.3) is 21.8 Å². The normalized spacial score (nSPS) is 11.5. The lowest BCUT2D eigenvalue weighted by Crippen LogP contribution is -2.20. The average Bonchev–Trinajstić information content (AvgIpc) is 3.61. The third-order valence-corrected chi connectivity index (χ3v) is 9.51. The molecule has 4 rings (SSSR count). The molecular weight excluding hydrogens is 636 g/mol. The van der Waals surface area contributed by atoms with Crippen molar-refractivity contribution in [3.8, 4) is 0 Å². The van der Waals surface area contributed by atoms with Crippen molar-refractivity contribution in [1.29, 1.82) is 0 Å². The highest BCUT2D eigenvalue weighted by Crippen LogP contribution is 2.22. The third-order valence-electron chi connectivity index (χ3n) is 6.84. The van der Waals surface area contributed by atoms with Crippen LogP contribution in [0.1, 0.15) is 35.1 Å². The number of likely N-dealkylation sites (N-methyl/N-ethyl adjacent to an activating group) is 2. The Kier molecular flexibility index (Phi) is 15.3. The highest BCUT2D eigenvalue weighted by molar-refractivity contribution is 7.88. The van der Waals surface area contributed by atoms with E-state index in [0.717, 1.165) is 58.9 Å². The number of sulfonamides is 2. The van der Waals surface area contributed by atoms with Gasteiger partial charge in [-0.1, -0.05) is 12.1 Å². The molecule has 4 aromatic rings. The number of benzene rings is 2. The van der Waals surface area contributed by atoms with E-state index in [0.29, 0.717) is 0 Å². The van der Waals surface area contributed by atoms with Gasteiger partial charge in [0.2, 0.25) is 20.0 Å². The van der Waals surface area contributed by atoms with Gasteiger partial charge < -0.3 is 30.8 Å². The average molecular weight is 681 g/mol. The van der Waals surface area contributed by atoms with E-state index in [1.54, 1.807) is 0 Å². The first kappa shape index (κ1) is 38.4. The summed E-state index contributed by atoms with van der Waals surface area (Å²) in [5.41, 5.74) is 6.08. The number of aromatic nitrogens is 2. The standard InChI is InChI=1S/2C13H19N3O2S.C4H6O4/c2*1-14-6-5-11-8-16-13-4-3-10(7-12(11)13)9-19(17,18)15-2;5-3(6)1-2-4(7)8/h2*3-4,7-8,14-16H,5-6,9H2,1-2H3;1-2H2,(H,5,6)(H,7,8). The molecule has 2 aromatic heterocycles. The van der Waals surface area contributed by atoms with Crippen molar-refractivity contribution in [2.75, 3.05) is 41.3 Å². The zero-order chi connectivity index (χ0) is 34.3. The van der Waals surface area contributed by atoms with E-state index >= 15 is 0 Å². The first-order valence-corrected chi connectivity index (χ1v) is 17.8. The van der Waals surface area contributed by atoms with Crippen molar-refractivity contribution >= 4 is 53.8 Å². The Morgan fingerprint density at radius 3 is 1.33 bits per heavy atom. The van der Waals surface area contributed by atoms with Crippen LogP contribution in [0.15, 0.2) is 48.8 Å². The van der Waals surface area contributed by atoms with Crippen LogP contribution in [0.3, 0.4) is 0 Å². The van der Waals surface area contributed by atoms with E-state index in [1.807, 2.05) is 62.9 Å². The van der Waals surface area contributed by atoms with Crippen molar-refractivity contribution < 1.29 is 36.6 Å². The molecule has 46 heavy (non-hydrogen) atoms. The zero-order valence-corrected chi connectivity index (χ0v) is 28.1. The Morgan fingerprint density at radius 1 is 0.652 bits per heavy atom. The fourth-order valence-electron chi connectivity index (χ4n) is 4.36. The number of nitrogens with one attached hydrogen (secondary N) is 6. The summed E-state index contributed by atoms with van der Waals surface area (Å²) in [5.74, 6) is -2.13. The smallest absolute Gasteiger partial charge is 0.303 e. The minimum Gasteiger partial charge on any atom is -0.481 e. The molecule has 0 aliphatic rings. The van der Waals surface area contributed by atoms with Crippen LogP contribution in [0.5, 0.6) is 0 Å². The van der Waals surface area contributed by atoms with Crippen molar-refractivity contribution in [3.63, 3.8) is 0 Å². The molecule has 14 nitrogen and oxygen atoms in total. The van der Waals surface area contributed by atoms with Crippen molar-refractivity contribution in [2.24, 2.45) is 0 Å². The summed E-state index contributed by atoms with van der Waals surface area (Å²) in [5, 5.41) is 24.2. The molecule has 2 heterocycles. The summed E-state index contributed by atoms with van der Waals surface area (Å²) in [6, 6.07) is 11.4. The van der Waals surface area contributed by atoms with E-state index in [1.165, 1.54) is 25.2 Å². The lowest BCUT2D eigenvalue weighted by molar-refractivity contribution is -0.143. The molecule has 0 aliphatic heterocycles. The molecule has 0 saturated carbocycles. The monoisotopic (exact) mass is 680 g/mol. The minimum absolute atomic E-state index is 0.0100. The fraction of sp³-hybridized carbons (Fsp3) is 0.400. The van der Waals surface area contributed by atoms with Gasteiger partial charge in [-0.05, 0) is 101 Å². The molecule has 254 valence electrons. The predicted molar refractivity (Wildman–Crippen MR) is 180 cm³/mol. The molecule has 0 atom stereocenters. The van der Waals surface area contributed by atoms with Gasteiger partial charge >= 0.3 is 11.9 Å². The largest absolute Gasteiger partial charge is 0.481 e. The molecule has 0 radical (unpaired) electrons. The van der Waals surface area contributed by atoms with Crippen LogP contribution in [-0.2, 0) is 54.0 Å². The molecular formula is C30H44N6O8S2. The van der Waals surface area contributed by atoms with Crippen LogP contribution in [0, 0.1) is 0 Å². The summed E-state index contributed by atoms with van der Waals surface area (Å²) in [6.07, 6.45) is 5.21. The number of H-pyrrole nitrogens is 2. The predicted octanol–water partition coefficient (Wildman–Crippen LogP) is 1.89. The molecule has 0 aliphatic carbocycles. The summed E-state index contributed by atoms with van der Waals surface area (Å²) >= 11 is 0. The molecule has 0 unspecified atom stereocenters. The maximum Gasteiger partial charge on any atom is 0.303 e. The summed E-state index contributed by atoms with van der Waals surface area (Å²) < 4.78 is 51.0. The molecule has 0 amide bonds. The van der Waals surface area contributed by atoms with E-state index in [-0.39, 0.29) is 24.3 Å². The van der Waals surface area contributed by atoms with Crippen LogP contribution >= 0.6 is 0 Å². The second-order valence-electron chi connectivity index (χ2n) is 10.3. The number of hydrogen-bond acceptors (Lipinski definition) is 8. The number of fused-ring (bicyclic) bond motifs is 2. The van der Waals surface area contributed by atoms with Gasteiger partial charge in [-0.2, -0.15) is 0 Å². The Hall–Kier alpha value is -3.80. The van der Waals surface area contributed by atoms with Gasteiger partial charge in [0.15, 0.2) is 0 Å². The van der Waals surface area contributed by atoms with E-state index in [4.69, 9.17) is 10.2 Å². The molecule has 8 N–H and O–H groups in total. The summed E-state index contributed by atoms with van der Waals surface area (Å²) in [4.78, 5) is 25.7. The highest BCUT2D eigenvalue weighted by Gasteiger charge is 2.12. The van der Waals surface area contributed by atoms with Gasteiger partial charge in [-0.25, -0.2) is 26.3 Å². The Bertz CT molecular complexity index is 1670. The maximum atomic E-state index is 11.6. The van der Waals surface area contributed by atoms with Crippen LogP contribution in [0.2, 0.25) is 0 Å². The molecule has 2 aromatic carbocycles. The van der Waals surface area contributed by atoms with Gasteiger partial charge in [-0.15, -0.1) is 0 Å². The van der Waals surface area contributed by atoms with E-state index in [2.05, 4.69) is 30.0 Å².